The van der Waals surface area contributed by atoms with Crippen LogP contribution in [0.2, 0.25) is 0 Å². The van der Waals surface area contributed by atoms with Crippen LogP contribution in [0.4, 0.5) is 13.2 Å². The summed E-state index contributed by atoms with van der Waals surface area (Å²) in [6.07, 6.45) is -3.58. The van der Waals surface area contributed by atoms with Gasteiger partial charge in [-0.2, -0.15) is 13.2 Å². The number of aliphatic hydroxyl groups is 1. The lowest BCUT2D eigenvalue weighted by molar-refractivity contribution is -0.137. The summed E-state index contributed by atoms with van der Waals surface area (Å²) in [6, 6.07) is 3.50. The van der Waals surface area contributed by atoms with Crippen molar-refractivity contribution >= 4 is 0 Å². The molecule has 16 heavy (non-hydrogen) atoms. The van der Waals surface area contributed by atoms with Gasteiger partial charge in [-0.3, -0.25) is 0 Å². The van der Waals surface area contributed by atoms with Gasteiger partial charge < -0.3 is 5.11 Å². The van der Waals surface area contributed by atoms with Crippen LogP contribution in [-0.4, -0.2) is 5.11 Å². The molecular weight excluding hydrogens is 217 g/mol. The molecule has 0 amide bonds. The van der Waals surface area contributed by atoms with Crippen molar-refractivity contribution in [3.05, 3.63) is 34.9 Å². The molecule has 0 aliphatic carbocycles. The number of alkyl halides is 3. The third-order valence-corrected chi connectivity index (χ3v) is 2.79. The maximum atomic E-state index is 12.5. The molecule has 1 nitrogen and oxygen atoms in total. The average Bonchev–Trinajstić information content (AvgIpc) is 2.25. The van der Waals surface area contributed by atoms with Crippen LogP contribution in [0.1, 0.15) is 42.9 Å². The van der Waals surface area contributed by atoms with Crippen molar-refractivity contribution < 1.29 is 18.3 Å². The Morgan fingerprint density at radius 1 is 1.31 bits per heavy atom. The maximum absolute atomic E-state index is 12.5. The van der Waals surface area contributed by atoms with Crippen molar-refractivity contribution in [1.82, 2.24) is 0 Å². The molecule has 0 aliphatic heterocycles. The van der Waals surface area contributed by atoms with E-state index in [0.29, 0.717) is 11.1 Å². The van der Waals surface area contributed by atoms with Crippen LogP contribution >= 0.6 is 0 Å². The van der Waals surface area contributed by atoms with Gasteiger partial charge in [-0.25, -0.2) is 0 Å². The van der Waals surface area contributed by atoms with Crippen LogP contribution < -0.4 is 0 Å². The zero-order valence-corrected chi connectivity index (χ0v) is 9.30. The number of rotatable bonds is 3. The molecule has 1 N–H and O–H groups in total. The number of hydrogen-bond donors (Lipinski definition) is 1. The molecule has 0 heterocycles. The highest BCUT2D eigenvalue weighted by Crippen LogP contribution is 2.33. The van der Waals surface area contributed by atoms with E-state index in [1.807, 2.05) is 13.8 Å². The van der Waals surface area contributed by atoms with Gasteiger partial charge in [-0.05, 0) is 35.6 Å². The monoisotopic (exact) mass is 232 g/mol. The standard InChI is InChI=1S/C12H15F3O/c1-3-8(2)11-6-10(12(13,14)15)5-4-9(11)7-16/h4-6,8,16H,3,7H2,1-2H3. The largest absolute Gasteiger partial charge is 0.416 e. The van der Waals surface area contributed by atoms with E-state index in [1.165, 1.54) is 6.07 Å². The van der Waals surface area contributed by atoms with Gasteiger partial charge in [0.05, 0.1) is 12.2 Å². The van der Waals surface area contributed by atoms with Crippen molar-refractivity contribution in [2.45, 2.75) is 39.0 Å². The molecule has 4 heteroatoms. The van der Waals surface area contributed by atoms with E-state index in [-0.39, 0.29) is 12.5 Å². The van der Waals surface area contributed by atoms with E-state index in [1.54, 1.807) is 0 Å². The first-order valence-corrected chi connectivity index (χ1v) is 5.21. The van der Waals surface area contributed by atoms with Gasteiger partial charge in [0.25, 0.3) is 0 Å². The molecule has 0 spiro atoms. The zero-order valence-electron chi connectivity index (χ0n) is 9.30. The molecule has 0 radical (unpaired) electrons. The van der Waals surface area contributed by atoms with Crippen molar-refractivity contribution in [3.63, 3.8) is 0 Å². The van der Waals surface area contributed by atoms with Crippen molar-refractivity contribution in [3.8, 4) is 0 Å². The number of aliphatic hydroxyl groups excluding tert-OH is 1. The second-order valence-corrected chi connectivity index (χ2v) is 3.88. The third kappa shape index (κ3) is 2.76. The van der Waals surface area contributed by atoms with E-state index in [4.69, 9.17) is 5.11 Å². The minimum Gasteiger partial charge on any atom is -0.392 e. The summed E-state index contributed by atoms with van der Waals surface area (Å²) in [5.41, 5.74) is 0.502. The van der Waals surface area contributed by atoms with Gasteiger partial charge in [-0.1, -0.05) is 19.9 Å². The maximum Gasteiger partial charge on any atom is 0.416 e. The molecule has 0 bridgehead atoms. The van der Waals surface area contributed by atoms with Gasteiger partial charge in [-0.15, -0.1) is 0 Å². The minimum atomic E-state index is -4.32. The predicted molar refractivity (Wildman–Crippen MR) is 56.1 cm³/mol. The van der Waals surface area contributed by atoms with Crippen LogP contribution in [0.5, 0.6) is 0 Å². The van der Waals surface area contributed by atoms with Gasteiger partial charge in [0.2, 0.25) is 0 Å². The summed E-state index contributed by atoms with van der Waals surface area (Å²) < 4.78 is 37.5. The lowest BCUT2D eigenvalue weighted by Crippen LogP contribution is -2.08. The molecule has 0 saturated carbocycles. The fourth-order valence-corrected chi connectivity index (χ4v) is 1.59. The molecule has 1 aromatic rings. The predicted octanol–water partition coefficient (Wildman–Crippen LogP) is 3.71. The van der Waals surface area contributed by atoms with Crippen LogP contribution in [0.15, 0.2) is 18.2 Å². The van der Waals surface area contributed by atoms with Crippen LogP contribution in [-0.2, 0) is 12.8 Å². The number of benzene rings is 1. The Hall–Kier alpha value is -1.03. The smallest absolute Gasteiger partial charge is 0.392 e. The van der Waals surface area contributed by atoms with Gasteiger partial charge in [0, 0.05) is 0 Å². The number of halogens is 3. The first-order valence-electron chi connectivity index (χ1n) is 5.21. The van der Waals surface area contributed by atoms with Crippen molar-refractivity contribution in [2.24, 2.45) is 0 Å². The Labute approximate surface area is 92.9 Å². The van der Waals surface area contributed by atoms with E-state index < -0.39 is 11.7 Å². The summed E-state index contributed by atoms with van der Waals surface area (Å²) in [4.78, 5) is 0. The topological polar surface area (TPSA) is 20.2 Å². The third-order valence-electron chi connectivity index (χ3n) is 2.79. The highest BCUT2D eigenvalue weighted by molar-refractivity contribution is 5.35. The molecule has 0 fully saturated rings. The van der Waals surface area contributed by atoms with Crippen LogP contribution in [0.25, 0.3) is 0 Å². The van der Waals surface area contributed by atoms with Crippen LogP contribution in [0, 0.1) is 0 Å². The second-order valence-electron chi connectivity index (χ2n) is 3.88. The van der Waals surface area contributed by atoms with Gasteiger partial charge in [0.1, 0.15) is 0 Å². The van der Waals surface area contributed by atoms with E-state index in [0.717, 1.165) is 18.6 Å². The molecule has 0 aromatic heterocycles. The Balaban J connectivity index is 3.21. The Kier molecular flexibility index (Phi) is 3.97. The molecule has 0 saturated heterocycles. The van der Waals surface area contributed by atoms with E-state index >= 15 is 0 Å². The summed E-state index contributed by atoms with van der Waals surface area (Å²) in [7, 11) is 0. The SMILES string of the molecule is CCC(C)c1cc(C(F)(F)F)ccc1CO. The highest BCUT2D eigenvalue weighted by atomic mass is 19.4. The molecule has 1 aromatic carbocycles. The Morgan fingerprint density at radius 3 is 2.38 bits per heavy atom. The summed E-state index contributed by atoms with van der Waals surface area (Å²) in [5.74, 6) is 0.0180. The van der Waals surface area contributed by atoms with E-state index in [9.17, 15) is 13.2 Å². The average molecular weight is 232 g/mol. The second kappa shape index (κ2) is 4.87. The Morgan fingerprint density at radius 2 is 1.94 bits per heavy atom. The molecule has 1 rings (SSSR count). The zero-order chi connectivity index (χ0) is 12.3. The molecule has 1 unspecified atom stereocenters. The van der Waals surface area contributed by atoms with Crippen LogP contribution in [0.3, 0.4) is 0 Å². The first kappa shape index (κ1) is 13.0. The van der Waals surface area contributed by atoms with E-state index in [2.05, 4.69) is 0 Å². The molecular formula is C12H15F3O. The fourth-order valence-electron chi connectivity index (χ4n) is 1.59. The summed E-state index contributed by atoms with van der Waals surface area (Å²) in [5, 5.41) is 9.08. The van der Waals surface area contributed by atoms with Gasteiger partial charge in [0.15, 0.2) is 0 Å². The summed E-state index contributed by atoms with van der Waals surface area (Å²) in [6.45, 7) is 3.54. The molecule has 90 valence electrons. The highest BCUT2D eigenvalue weighted by Gasteiger charge is 2.31. The summed E-state index contributed by atoms with van der Waals surface area (Å²) >= 11 is 0. The first-order chi connectivity index (χ1) is 7.40. The molecule has 1 atom stereocenters. The minimum absolute atomic E-state index is 0.0180. The van der Waals surface area contributed by atoms with Crippen molar-refractivity contribution in [1.29, 1.82) is 0 Å². The lowest BCUT2D eigenvalue weighted by Gasteiger charge is -2.16. The molecule has 0 aliphatic rings. The Bertz CT molecular complexity index is 358. The number of hydrogen-bond acceptors (Lipinski definition) is 1. The van der Waals surface area contributed by atoms with Crippen molar-refractivity contribution in [2.75, 3.05) is 0 Å². The lowest BCUT2D eigenvalue weighted by atomic mass is 9.92. The quantitative estimate of drug-likeness (QED) is 0.842. The fraction of sp³-hybridized carbons (Fsp3) is 0.500. The normalized spacial score (nSPS) is 13.9. The van der Waals surface area contributed by atoms with Gasteiger partial charge >= 0.3 is 6.18 Å².